The largest absolute Gasteiger partial charge is 0.378 e. The second-order valence-corrected chi connectivity index (χ2v) is 4.15. The summed E-state index contributed by atoms with van der Waals surface area (Å²) < 4.78 is 5.55. The molecule has 0 bridgehead atoms. The minimum Gasteiger partial charge on any atom is -0.378 e. The number of hydrogen-bond acceptors (Lipinski definition) is 3. The average Bonchev–Trinajstić information content (AvgIpc) is 2.20. The second kappa shape index (κ2) is 5.85. The molecule has 1 fully saturated rings. The molecule has 0 aromatic carbocycles. The van der Waals surface area contributed by atoms with E-state index in [1.807, 2.05) is 0 Å². The molecule has 0 aromatic rings. The third-order valence-electron chi connectivity index (χ3n) is 2.66. The van der Waals surface area contributed by atoms with Crippen molar-refractivity contribution >= 4 is 11.7 Å². The number of hydrogen-bond donors (Lipinski definition) is 0. The van der Waals surface area contributed by atoms with Gasteiger partial charge in [-0.25, -0.2) is 0 Å². The van der Waals surface area contributed by atoms with Gasteiger partial charge in [0.25, 0.3) is 0 Å². The van der Waals surface area contributed by atoms with Crippen molar-refractivity contribution in [3.8, 4) is 0 Å². The van der Waals surface area contributed by atoms with Gasteiger partial charge in [-0.1, -0.05) is 0 Å². The molecule has 1 saturated carbocycles. The molecule has 1 aliphatic rings. The first kappa shape index (κ1) is 12.2. The summed E-state index contributed by atoms with van der Waals surface area (Å²) in [4.78, 5) is 23.8. The minimum atomic E-state index is 0.0851. The van der Waals surface area contributed by atoms with E-state index in [1.54, 1.807) is 19.0 Å². The summed E-state index contributed by atoms with van der Waals surface area (Å²) in [7, 11) is 3.48. The lowest BCUT2D eigenvalue weighted by Crippen LogP contribution is -2.26. The monoisotopic (exact) mass is 213 g/mol. The molecule has 4 heteroatoms. The Morgan fingerprint density at radius 3 is 2.53 bits per heavy atom. The van der Waals surface area contributed by atoms with E-state index in [4.69, 9.17) is 4.74 Å². The lowest BCUT2D eigenvalue weighted by Gasteiger charge is -2.21. The van der Waals surface area contributed by atoms with Crippen molar-refractivity contribution in [1.82, 2.24) is 4.90 Å². The maximum Gasteiger partial charge on any atom is 0.224 e. The molecule has 0 saturated heterocycles. The smallest absolute Gasteiger partial charge is 0.224 e. The molecule has 0 unspecified atom stereocenters. The molecule has 86 valence electrons. The van der Waals surface area contributed by atoms with Gasteiger partial charge in [-0.3, -0.25) is 9.59 Å². The standard InChI is InChI=1S/C11H19NO3/c1-12(2)11(14)7-8-15-10-5-3-9(13)4-6-10/h10H,3-8H2,1-2H3. The Labute approximate surface area is 90.6 Å². The number of carbonyl (C=O) groups excluding carboxylic acids is 2. The topological polar surface area (TPSA) is 46.6 Å². The van der Waals surface area contributed by atoms with Gasteiger partial charge in [-0.15, -0.1) is 0 Å². The molecular weight excluding hydrogens is 194 g/mol. The van der Waals surface area contributed by atoms with Gasteiger partial charge < -0.3 is 9.64 Å². The number of amides is 1. The quantitative estimate of drug-likeness (QED) is 0.699. The fourth-order valence-corrected chi connectivity index (χ4v) is 1.62. The highest BCUT2D eigenvalue weighted by Crippen LogP contribution is 2.17. The number of Topliss-reactive ketones (excluding diaryl/α,β-unsaturated/α-hetero) is 1. The van der Waals surface area contributed by atoms with E-state index < -0.39 is 0 Å². The Hall–Kier alpha value is -0.900. The lowest BCUT2D eigenvalue weighted by molar-refractivity contribution is -0.131. The molecule has 0 atom stereocenters. The molecule has 4 nitrogen and oxygen atoms in total. The average molecular weight is 213 g/mol. The van der Waals surface area contributed by atoms with Crippen LogP contribution in [0.25, 0.3) is 0 Å². The van der Waals surface area contributed by atoms with Crippen LogP contribution in [0.5, 0.6) is 0 Å². The van der Waals surface area contributed by atoms with Crippen LogP contribution in [0, 0.1) is 0 Å². The predicted octanol–water partition coefficient (Wildman–Crippen LogP) is 0.993. The summed E-state index contributed by atoms with van der Waals surface area (Å²) in [5.41, 5.74) is 0. The Bertz CT molecular complexity index is 228. The van der Waals surface area contributed by atoms with Crippen molar-refractivity contribution in [2.24, 2.45) is 0 Å². The van der Waals surface area contributed by atoms with Crippen LogP contribution < -0.4 is 0 Å². The number of rotatable bonds is 4. The number of carbonyl (C=O) groups is 2. The zero-order valence-electron chi connectivity index (χ0n) is 9.49. The third kappa shape index (κ3) is 4.42. The Morgan fingerprint density at radius 1 is 1.40 bits per heavy atom. The Morgan fingerprint density at radius 2 is 2.00 bits per heavy atom. The van der Waals surface area contributed by atoms with Crippen molar-refractivity contribution in [1.29, 1.82) is 0 Å². The van der Waals surface area contributed by atoms with Crippen molar-refractivity contribution in [3.05, 3.63) is 0 Å². The van der Waals surface area contributed by atoms with Gasteiger partial charge in [-0.2, -0.15) is 0 Å². The molecule has 1 rings (SSSR count). The Balaban J connectivity index is 2.10. The highest BCUT2D eigenvalue weighted by molar-refractivity contribution is 5.79. The van der Waals surface area contributed by atoms with Gasteiger partial charge in [0.2, 0.25) is 5.91 Å². The second-order valence-electron chi connectivity index (χ2n) is 4.15. The summed E-state index contributed by atoms with van der Waals surface area (Å²) >= 11 is 0. The number of nitrogens with zero attached hydrogens (tertiary/aromatic N) is 1. The number of ketones is 1. The van der Waals surface area contributed by atoms with Crippen molar-refractivity contribution in [2.75, 3.05) is 20.7 Å². The highest BCUT2D eigenvalue weighted by Gasteiger charge is 2.19. The van der Waals surface area contributed by atoms with Gasteiger partial charge in [0.1, 0.15) is 5.78 Å². The van der Waals surface area contributed by atoms with E-state index in [-0.39, 0.29) is 12.0 Å². The van der Waals surface area contributed by atoms with Gasteiger partial charge in [-0.05, 0) is 12.8 Å². The van der Waals surface area contributed by atoms with E-state index >= 15 is 0 Å². The Kier molecular flexibility index (Phi) is 4.75. The van der Waals surface area contributed by atoms with Gasteiger partial charge in [0.05, 0.1) is 19.1 Å². The summed E-state index contributed by atoms with van der Waals surface area (Å²) in [5, 5.41) is 0. The van der Waals surface area contributed by atoms with E-state index in [0.717, 1.165) is 12.8 Å². The fraction of sp³-hybridized carbons (Fsp3) is 0.818. The van der Waals surface area contributed by atoms with Crippen LogP contribution in [0.3, 0.4) is 0 Å². The van der Waals surface area contributed by atoms with Crippen LogP contribution >= 0.6 is 0 Å². The zero-order chi connectivity index (χ0) is 11.3. The molecule has 0 heterocycles. The summed E-state index contributed by atoms with van der Waals surface area (Å²) in [5.74, 6) is 0.418. The minimum absolute atomic E-state index is 0.0851. The first-order chi connectivity index (χ1) is 7.09. The molecule has 1 aliphatic carbocycles. The normalized spacial score (nSPS) is 17.9. The SMILES string of the molecule is CN(C)C(=O)CCOC1CCC(=O)CC1. The molecule has 0 spiro atoms. The van der Waals surface area contributed by atoms with Crippen molar-refractivity contribution in [2.45, 2.75) is 38.2 Å². The first-order valence-corrected chi connectivity index (χ1v) is 5.43. The van der Waals surface area contributed by atoms with Crippen LogP contribution in [0.1, 0.15) is 32.1 Å². The molecular formula is C11H19NO3. The van der Waals surface area contributed by atoms with Crippen LogP contribution in [-0.2, 0) is 14.3 Å². The molecule has 15 heavy (non-hydrogen) atoms. The van der Waals surface area contributed by atoms with Gasteiger partial charge in [0.15, 0.2) is 0 Å². The molecule has 0 N–H and O–H groups in total. The summed E-state index contributed by atoms with van der Waals surface area (Å²) in [6.07, 6.45) is 3.50. The maximum absolute atomic E-state index is 11.2. The van der Waals surface area contributed by atoms with Gasteiger partial charge >= 0.3 is 0 Å². The summed E-state index contributed by atoms with van der Waals surface area (Å²) in [6, 6.07) is 0. The van der Waals surface area contributed by atoms with E-state index in [1.165, 1.54) is 0 Å². The van der Waals surface area contributed by atoms with Crippen LogP contribution in [0.15, 0.2) is 0 Å². The lowest BCUT2D eigenvalue weighted by atomic mass is 9.96. The van der Waals surface area contributed by atoms with Crippen molar-refractivity contribution < 1.29 is 14.3 Å². The fourth-order valence-electron chi connectivity index (χ4n) is 1.62. The third-order valence-corrected chi connectivity index (χ3v) is 2.66. The molecule has 0 radical (unpaired) electrons. The number of ether oxygens (including phenoxy) is 1. The first-order valence-electron chi connectivity index (χ1n) is 5.43. The zero-order valence-corrected chi connectivity index (χ0v) is 9.49. The molecule has 0 aliphatic heterocycles. The van der Waals surface area contributed by atoms with E-state index in [2.05, 4.69) is 0 Å². The highest BCUT2D eigenvalue weighted by atomic mass is 16.5. The van der Waals surface area contributed by atoms with Crippen LogP contribution in [0.4, 0.5) is 0 Å². The van der Waals surface area contributed by atoms with Crippen LogP contribution in [0.2, 0.25) is 0 Å². The molecule has 1 amide bonds. The summed E-state index contributed by atoms with van der Waals surface area (Å²) in [6.45, 7) is 0.468. The van der Waals surface area contributed by atoms with E-state index in [9.17, 15) is 9.59 Å². The maximum atomic E-state index is 11.2. The molecule has 0 aromatic heterocycles. The van der Waals surface area contributed by atoms with E-state index in [0.29, 0.717) is 31.7 Å². The predicted molar refractivity (Wildman–Crippen MR) is 56.5 cm³/mol. The van der Waals surface area contributed by atoms with Crippen LogP contribution in [-0.4, -0.2) is 43.4 Å². The van der Waals surface area contributed by atoms with Gasteiger partial charge in [0, 0.05) is 26.9 Å². The van der Waals surface area contributed by atoms with Crippen molar-refractivity contribution in [3.63, 3.8) is 0 Å².